The van der Waals surface area contributed by atoms with Gasteiger partial charge in [0, 0.05) is 12.0 Å². The van der Waals surface area contributed by atoms with Gasteiger partial charge in [0.2, 0.25) is 0 Å². The molecule has 0 aliphatic rings. The zero-order valence-electron chi connectivity index (χ0n) is 8.44. The molecular weight excluding hydrogens is 216 g/mol. The van der Waals surface area contributed by atoms with Crippen LogP contribution in [0.1, 0.15) is 23.8 Å². The Balaban J connectivity index is 2.72. The number of alkyl halides is 1. The monoisotopic (exact) mass is 228 g/mol. The van der Waals surface area contributed by atoms with E-state index < -0.39 is 5.97 Å². The molecule has 0 saturated carbocycles. The summed E-state index contributed by atoms with van der Waals surface area (Å²) in [6.07, 6.45) is 0.462. The topological polar surface area (TPSA) is 46.5 Å². The molecule has 0 saturated heterocycles. The van der Waals surface area contributed by atoms with Crippen molar-refractivity contribution in [2.75, 3.05) is 7.11 Å². The van der Waals surface area contributed by atoms with Crippen LogP contribution in [0.5, 0.6) is 5.75 Å². The molecule has 0 aliphatic heterocycles. The number of carbonyl (C=O) groups is 1. The van der Waals surface area contributed by atoms with Crippen molar-refractivity contribution in [3.8, 4) is 5.75 Å². The molecule has 82 valence electrons. The molecule has 1 unspecified atom stereocenters. The number of methoxy groups -OCH3 is 1. The molecule has 0 aliphatic carbocycles. The third kappa shape index (κ3) is 3.44. The van der Waals surface area contributed by atoms with Gasteiger partial charge in [-0.15, -0.1) is 11.6 Å². The molecule has 1 aromatic carbocycles. The molecule has 1 aromatic rings. The number of benzene rings is 1. The number of para-hydroxylation sites is 1. The maximum absolute atomic E-state index is 10.4. The van der Waals surface area contributed by atoms with Crippen LogP contribution in [0.15, 0.2) is 24.3 Å². The number of aliphatic carboxylic acids is 1. The number of carboxylic acid groups (broad SMARTS) is 1. The van der Waals surface area contributed by atoms with Crippen LogP contribution in [0.4, 0.5) is 0 Å². The lowest BCUT2D eigenvalue weighted by atomic mass is 10.1. The first kappa shape index (κ1) is 11.9. The van der Waals surface area contributed by atoms with Gasteiger partial charge in [-0.1, -0.05) is 18.2 Å². The molecule has 0 heterocycles. The van der Waals surface area contributed by atoms with E-state index in [1.165, 1.54) is 0 Å². The normalized spacial score (nSPS) is 12.1. The van der Waals surface area contributed by atoms with Gasteiger partial charge in [0.1, 0.15) is 5.75 Å². The van der Waals surface area contributed by atoms with E-state index in [0.29, 0.717) is 12.2 Å². The number of ether oxygens (including phenoxy) is 1. The molecule has 0 aromatic heterocycles. The van der Waals surface area contributed by atoms with Crippen molar-refractivity contribution in [2.24, 2.45) is 0 Å². The van der Waals surface area contributed by atoms with Gasteiger partial charge in [0.15, 0.2) is 0 Å². The van der Waals surface area contributed by atoms with E-state index in [0.717, 1.165) is 5.56 Å². The lowest BCUT2D eigenvalue weighted by molar-refractivity contribution is -0.137. The average Bonchev–Trinajstić information content (AvgIpc) is 2.25. The van der Waals surface area contributed by atoms with E-state index in [9.17, 15) is 4.79 Å². The molecule has 1 atom stereocenters. The van der Waals surface area contributed by atoms with Crippen molar-refractivity contribution in [1.29, 1.82) is 0 Å². The smallest absolute Gasteiger partial charge is 0.303 e. The maximum Gasteiger partial charge on any atom is 0.303 e. The second-order valence-corrected chi connectivity index (χ2v) is 3.67. The Labute approximate surface area is 93.6 Å². The van der Waals surface area contributed by atoms with E-state index in [1.54, 1.807) is 7.11 Å². The van der Waals surface area contributed by atoms with Gasteiger partial charge in [-0.2, -0.15) is 0 Å². The molecule has 0 amide bonds. The Morgan fingerprint density at radius 2 is 2.20 bits per heavy atom. The van der Waals surface area contributed by atoms with E-state index in [2.05, 4.69) is 0 Å². The van der Waals surface area contributed by atoms with Crippen molar-refractivity contribution in [3.05, 3.63) is 29.8 Å². The Hall–Kier alpha value is -1.22. The second kappa shape index (κ2) is 5.61. The molecule has 1 N–H and O–H groups in total. The molecule has 3 nitrogen and oxygen atoms in total. The number of halogens is 1. The highest BCUT2D eigenvalue weighted by molar-refractivity contribution is 6.21. The average molecular weight is 229 g/mol. The van der Waals surface area contributed by atoms with Crippen LogP contribution in [0, 0.1) is 0 Å². The molecule has 4 heteroatoms. The first-order valence-electron chi connectivity index (χ1n) is 4.64. The van der Waals surface area contributed by atoms with Gasteiger partial charge in [-0.05, 0) is 12.5 Å². The summed E-state index contributed by atoms with van der Waals surface area (Å²) in [7, 11) is 1.57. The van der Waals surface area contributed by atoms with Crippen LogP contribution in [0.3, 0.4) is 0 Å². The zero-order chi connectivity index (χ0) is 11.3. The van der Waals surface area contributed by atoms with Gasteiger partial charge in [-0.25, -0.2) is 0 Å². The molecule has 1 rings (SSSR count). The summed E-state index contributed by atoms with van der Waals surface area (Å²) in [4.78, 5) is 10.4. The highest BCUT2D eigenvalue weighted by atomic mass is 35.5. The molecule has 15 heavy (non-hydrogen) atoms. The Bertz CT molecular complexity index is 338. The van der Waals surface area contributed by atoms with Crippen LogP contribution in [0.25, 0.3) is 0 Å². The van der Waals surface area contributed by atoms with E-state index in [-0.39, 0.29) is 11.8 Å². The lowest BCUT2D eigenvalue weighted by Crippen LogP contribution is -2.00. The third-order valence-electron chi connectivity index (χ3n) is 2.09. The first-order chi connectivity index (χ1) is 7.15. The van der Waals surface area contributed by atoms with Crippen molar-refractivity contribution in [2.45, 2.75) is 18.2 Å². The summed E-state index contributed by atoms with van der Waals surface area (Å²) >= 11 is 6.09. The van der Waals surface area contributed by atoms with Crippen molar-refractivity contribution in [3.63, 3.8) is 0 Å². The molecule has 0 radical (unpaired) electrons. The first-order valence-corrected chi connectivity index (χ1v) is 5.07. The summed E-state index contributed by atoms with van der Waals surface area (Å²) in [5.41, 5.74) is 0.836. The van der Waals surface area contributed by atoms with Crippen LogP contribution in [-0.4, -0.2) is 18.2 Å². The highest BCUT2D eigenvalue weighted by Gasteiger charge is 2.13. The fourth-order valence-corrected chi connectivity index (χ4v) is 1.62. The second-order valence-electron chi connectivity index (χ2n) is 3.14. The van der Waals surface area contributed by atoms with E-state index >= 15 is 0 Å². The number of carboxylic acids is 1. The van der Waals surface area contributed by atoms with Gasteiger partial charge in [-0.3, -0.25) is 4.79 Å². The van der Waals surface area contributed by atoms with Crippen LogP contribution >= 0.6 is 11.6 Å². The Morgan fingerprint density at radius 1 is 1.53 bits per heavy atom. The molecular formula is C11H13ClO3. The number of hydrogen-bond donors (Lipinski definition) is 1. The minimum atomic E-state index is -0.837. The largest absolute Gasteiger partial charge is 0.496 e. The molecule has 0 fully saturated rings. The van der Waals surface area contributed by atoms with E-state index in [4.69, 9.17) is 21.4 Å². The van der Waals surface area contributed by atoms with Crippen molar-refractivity contribution < 1.29 is 14.6 Å². The van der Waals surface area contributed by atoms with Gasteiger partial charge < -0.3 is 9.84 Å². The summed E-state index contributed by atoms with van der Waals surface area (Å²) in [6, 6.07) is 7.36. The summed E-state index contributed by atoms with van der Waals surface area (Å²) in [6.45, 7) is 0. The van der Waals surface area contributed by atoms with Crippen molar-refractivity contribution >= 4 is 17.6 Å². The van der Waals surface area contributed by atoms with Gasteiger partial charge in [0.25, 0.3) is 0 Å². The van der Waals surface area contributed by atoms with Crippen LogP contribution < -0.4 is 4.74 Å². The SMILES string of the molecule is COc1ccccc1C(Cl)CCC(=O)O. The van der Waals surface area contributed by atoms with E-state index in [1.807, 2.05) is 24.3 Å². The van der Waals surface area contributed by atoms with Crippen LogP contribution in [0.2, 0.25) is 0 Å². The fourth-order valence-electron chi connectivity index (χ4n) is 1.33. The fraction of sp³-hybridized carbons (Fsp3) is 0.364. The number of hydrogen-bond acceptors (Lipinski definition) is 2. The minimum absolute atomic E-state index is 0.0617. The number of rotatable bonds is 5. The standard InChI is InChI=1S/C11H13ClO3/c1-15-10-5-3-2-4-8(10)9(12)6-7-11(13)14/h2-5,9H,6-7H2,1H3,(H,13,14). The molecule has 0 spiro atoms. The summed E-state index contributed by atoms with van der Waals surface area (Å²) in [5.74, 6) is -0.140. The zero-order valence-corrected chi connectivity index (χ0v) is 9.20. The quantitative estimate of drug-likeness (QED) is 0.789. The van der Waals surface area contributed by atoms with Crippen molar-refractivity contribution in [1.82, 2.24) is 0 Å². The lowest BCUT2D eigenvalue weighted by Gasteiger charge is -2.12. The van der Waals surface area contributed by atoms with Crippen LogP contribution in [-0.2, 0) is 4.79 Å². The molecule has 0 bridgehead atoms. The Kier molecular flexibility index (Phi) is 4.43. The predicted octanol–water partition coefficient (Wildman–Crippen LogP) is 2.84. The highest BCUT2D eigenvalue weighted by Crippen LogP contribution is 2.32. The third-order valence-corrected chi connectivity index (χ3v) is 2.54. The summed E-state index contributed by atoms with van der Waals surface area (Å²) < 4.78 is 5.14. The Morgan fingerprint density at radius 3 is 2.80 bits per heavy atom. The minimum Gasteiger partial charge on any atom is -0.496 e. The predicted molar refractivity (Wildman–Crippen MR) is 58.5 cm³/mol. The summed E-state index contributed by atoms with van der Waals surface area (Å²) in [5, 5.41) is 8.22. The maximum atomic E-state index is 10.4. The van der Waals surface area contributed by atoms with Gasteiger partial charge in [0.05, 0.1) is 12.5 Å². The van der Waals surface area contributed by atoms with Gasteiger partial charge >= 0.3 is 5.97 Å².